The second-order valence-electron chi connectivity index (χ2n) is 8.66. The molecule has 0 unspecified atom stereocenters. The minimum absolute atomic E-state index is 0.0615. The fourth-order valence-electron chi connectivity index (χ4n) is 4.58. The number of ether oxygens (including phenoxy) is 1. The Labute approximate surface area is 173 Å². The van der Waals surface area contributed by atoms with Crippen LogP contribution in [0.4, 0.5) is 18.9 Å². The van der Waals surface area contributed by atoms with Gasteiger partial charge in [0.2, 0.25) is 0 Å². The summed E-state index contributed by atoms with van der Waals surface area (Å²) in [6.07, 6.45) is -2.30. The third kappa shape index (κ3) is 3.61. The monoisotopic (exact) mass is 416 g/mol. The van der Waals surface area contributed by atoms with Crippen LogP contribution in [0, 0.1) is 5.41 Å². The third-order valence-electron chi connectivity index (χ3n) is 6.36. The number of hydrogen-bond donors (Lipinski definition) is 0. The summed E-state index contributed by atoms with van der Waals surface area (Å²) in [6.45, 7) is 3.15. The molecule has 158 valence electrons. The highest BCUT2D eigenvalue weighted by Gasteiger charge is 2.45. The van der Waals surface area contributed by atoms with Crippen LogP contribution in [0.5, 0.6) is 0 Å². The van der Waals surface area contributed by atoms with E-state index in [2.05, 4.69) is 4.90 Å². The second-order valence-corrected chi connectivity index (χ2v) is 8.66. The first-order chi connectivity index (χ1) is 14.3. The van der Waals surface area contributed by atoms with Crippen molar-refractivity contribution in [3.63, 3.8) is 0 Å². The van der Waals surface area contributed by atoms with Crippen molar-refractivity contribution in [1.29, 1.82) is 0 Å². The van der Waals surface area contributed by atoms with Gasteiger partial charge in [0.05, 0.1) is 25.3 Å². The van der Waals surface area contributed by atoms with Crippen molar-refractivity contribution in [3.05, 3.63) is 64.7 Å². The molecule has 2 heterocycles. The topological polar surface area (TPSA) is 32.8 Å². The Morgan fingerprint density at radius 2 is 1.87 bits per heavy atom. The zero-order chi connectivity index (χ0) is 20.9. The summed E-state index contributed by atoms with van der Waals surface area (Å²) in [6, 6.07) is 11.7. The molecule has 0 aromatic heterocycles. The number of carbonyl (C=O) groups excluding carboxylic acids is 1. The van der Waals surface area contributed by atoms with Gasteiger partial charge in [0.25, 0.3) is 5.91 Å². The van der Waals surface area contributed by atoms with Crippen LogP contribution in [0.25, 0.3) is 0 Å². The Bertz CT molecular complexity index is 970. The quantitative estimate of drug-likeness (QED) is 0.740. The fraction of sp³-hybridized carbons (Fsp3) is 0.435. The maximum Gasteiger partial charge on any atom is 0.416 e. The van der Waals surface area contributed by atoms with E-state index in [9.17, 15) is 18.0 Å². The van der Waals surface area contributed by atoms with E-state index in [1.807, 2.05) is 6.07 Å². The largest absolute Gasteiger partial charge is 0.416 e. The van der Waals surface area contributed by atoms with E-state index in [1.165, 1.54) is 11.0 Å². The Morgan fingerprint density at radius 3 is 2.57 bits per heavy atom. The molecule has 0 atom stereocenters. The average Bonchev–Trinajstić information content (AvgIpc) is 3.44. The lowest BCUT2D eigenvalue weighted by Gasteiger charge is -2.24. The lowest BCUT2D eigenvalue weighted by Crippen LogP contribution is -2.30. The van der Waals surface area contributed by atoms with E-state index < -0.39 is 11.7 Å². The average molecular weight is 416 g/mol. The number of para-hydroxylation sites is 1. The molecule has 1 spiro atoms. The van der Waals surface area contributed by atoms with Gasteiger partial charge >= 0.3 is 6.18 Å². The Kier molecular flexibility index (Phi) is 4.63. The van der Waals surface area contributed by atoms with Crippen LogP contribution in [0.15, 0.2) is 42.5 Å². The van der Waals surface area contributed by atoms with Gasteiger partial charge in [-0.15, -0.1) is 0 Å². The van der Waals surface area contributed by atoms with Crippen molar-refractivity contribution in [2.24, 2.45) is 5.41 Å². The number of anilines is 1. The van der Waals surface area contributed by atoms with E-state index in [4.69, 9.17) is 4.74 Å². The molecular formula is C23H23F3N2O2. The summed E-state index contributed by atoms with van der Waals surface area (Å²) >= 11 is 0. The van der Waals surface area contributed by atoms with Crippen molar-refractivity contribution in [1.82, 2.24) is 4.90 Å². The number of benzene rings is 2. The first-order valence-electron chi connectivity index (χ1n) is 10.2. The molecule has 1 aliphatic carbocycles. The van der Waals surface area contributed by atoms with Gasteiger partial charge < -0.3 is 9.64 Å². The number of halogens is 3. The first kappa shape index (κ1) is 19.6. The van der Waals surface area contributed by atoms with Gasteiger partial charge in [-0.3, -0.25) is 9.69 Å². The van der Waals surface area contributed by atoms with Crippen LogP contribution in [0.3, 0.4) is 0 Å². The van der Waals surface area contributed by atoms with Crippen molar-refractivity contribution < 1.29 is 22.7 Å². The van der Waals surface area contributed by atoms with Gasteiger partial charge in [0, 0.05) is 36.3 Å². The molecule has 0 N–H and O–H groups in total. The number of hydrogen-bond acceptors (Lipinski definition) is 3. The van der Waals surface area contributed by atoms with Gasteiger partial charge in [0.15, 0.2) is 0 Å². The zero-order valence-electron chi connectivity index (χ0n) is 16.5. The molecule has 2 aromatic rings. The molecule has 2 fully saturated rings. The van der Waals surface area contributed by atoms with Crippen molar-refractivity contribution in [3.8, 4) is 0 Å². The molecule has 2 aromatic carbocycles. The van der Waals surface area contributed by atoms with E-state index in [-0.39, 0.29) is 29.0 Å². The molecule has 0 radical (unpaired) electrons. The molecular weight excluding hydrogens is 393 g/mol. The summed E-state index contributed by atoms with van der Waals surface area (Å²) in [7, 11) is 0. The third-order valence-corrected chi connectivity index (χ3v) is 6.36. The maximum atomic E-state index is 13.9. The van der Waals surface area contributed by atoms with E-state index >= 15 is 0 Å². The number of alkyl halides is 3. The number of fused-ring (bicyclic) bond motifs is 1. The number of nitrogens with zero attached hydrogens (tertiary/aromatic N) is 2. The lowest BCUT2D eigenvalue weighted by molar-refractivity contribution is -0.138. The van der Waals surface area contributed by atoms with Crippen LogP contribution in [0.2, 0.25) is 0 Å². The van der Waals surface area contributed by atoms with Gasteiger partial charge in [-0.05, 0) is 48.2 Å². The second kappa shape index (κ2) is 7.10. The predicted octanol–water partition coefficient (Wildman–Crippen LogP) is 4.48. The normalized spacial score (nSPS) is 21.0. The highest BCUT2D eigenvalue weighted by Crippen LogP contribution is 2.47. The molecule has 7 heteroatoms. The fourth-order valence-corrected chi connectivity index (χ4v) is 4.58. The van der Waals surface area contributed by atoms with Crippen molar-refractivity contribution in [2.75, 3.05) is 31.2 Å². The lowest BCUT2D eigenvalue weighted by atomic mass is 9.98. The Morgan fingerprint density at radius 1 is 1.10 bits per heavy atom. The van der Waals surface area contributed by atoms with Crippen LogP contribution in [-0.4, -0.2) is 37.1 Å². The minimum Gasteiger partial charge on any atom is -0.379 e. The Hall–Kier alpha value is -2.38. The molecule has 1 saturated carbocycles. The SMILES string of the molecule is O=C1c2cc(CN3CCOCC4(CC4)C3)cc(C(F)(F)F)c2CN1c1ccccc1. The highest BCUT2D eigenvalue weighted by atomic mass is 19.4. The molecule has 30 heavy (non-hydrogen) atoms. The molecule has 1 amide bonds. The first-order valence-corrected chi connectivity index (χ1v) is 10.2. The van der Waals surface area contributed by atoms with Gasteiger partial charge in [0.1, 0.15) is 0 Å². The summed E-state index contributed by atoms with van der Waals surface area (Å²) in [4.78, 5) is 16.6. The molecule has 1 saturated heterocycles. The smallest absolute Gasteiger partial charge is 0.379 e. The maximum absolute atomic E-state index is 13.9. The number of rotatable bonds is 3. The van der Waals surface area contributed by atoms with Gasteiger partial charge in [-0.2, -0.15) is 13.2 Å². The molecule has 5 rings (SSSR count). The predicted molar refractivity (Wildman–Crippen MR) is 106 cm³/mol. The van der Waals surface area contributed by atoms with Crippen LogP contribution < -0.4 is 4.90 Å². The summed E-state index contributed by atoms with van der Waals surface area (Å²) in [5.41, 5.74) is 0.832. The highest BCUT2D eigenvalue weighted by molar-refractivity contribution is 6.10. The van der Waals surface area contributed by atoms with Gasteiger partial charge in [-0.25, -0.2) is 0 Å². The van der Waals surface area contributed by atoms with Crippen molar-refractivity contribution in [2.45, 2.75) is 32.1 Å². The van der Waals surface area contributed by atoms with Crippen molar-refractivity contribution >= 4 is 11.6 Å². The minimum atomic E-state index is -4.51. The van der Waals surface area contributed by atoms with E-state index in [0.717, 1.165) is 26.0 Å². The molecule has 2 aliphatic heterocycles. The number of amides is 1. The number of carbonyl (C=O) groups is 1. The van der Waals surface area contributed by atoms with Crippen LogP contribution >= 0.6 is 0 Å². The molecule has 3 aliphatic rings. The Balaban J connectivity index is 1.48. The van der Waals surface area contributed by atoms with Gasteiger partial charge in [-0.1, -0.05) is 18.2 Å². The summed E-state index contributed by atoms with van der Waals surface area (Å²) in [5.74, 6) is -0.374. The summed E-state index contributed by atoms with van der Waals surface area (Å²) < 4.78 is 47.4. The molecule has 0 bridgehead atoms. The van der Waals surface area contributed by atoms with E-state index in [1.54, 1.807) is 30.3 Å². The zero-order valence-corrected chi connectivity index (χ0v) is 16.5. The van der Waals surface area contributed by atoms with Crippen LogP contribution in [0.1, 0.15) is 39.9 Å². The van der Waals surface area contributed by atoms with E-state index in [0.29, 0.717) is 30.9 Å². The molecule has 4 nitrogen and oxygen atoms in total. The van der Waals surface area contributed by atoms with Crippen LogP contribution in [-0.2, 0) is 24.0 Å². The standard InChI is InChI=1S/C23H23F3N2O2/c24-23(25,26)20-11-16(12-27-8-9-30-15-22(14-27)6-7-22)10-18-19(20)13-28(21(18)29)17-4-2-1-3-5-17/h1-5,10-11H,6-9,12-15H2. The summed E-state index contributed by atoms with van der Waals surface area (Å²) in [5, 5.41) is 0.